The summed E-state index contributed by atoms with van der Waals surface area (Å²) in [6, 6.07) is 9.97. The van der Waals surface area contributed by atoms with Gasteiger partial charge in [0, 0.05) is 43.5 Å². The number of amides is 1. The van der Waals surface area contributed by atoms with Crippen molar-refractivity contribution in [3.05, 3.63) is 65.5 Å². The van der Waals surface area contributed by atoms with Crippen molar-refractivity contribution < 1.29 is 9.21 Å². The molecule has 1 aliphatic carbocycles. The van der Waals surface area contributed by atoms with E-state index >= 15 is 0 Å². The molecule has 35 heavy (non-hydrogen) atoms. The second-order valence-electron chi connectivity index (χ2n) is 10.1. The van der Waals surface area contributed by atoms with E-state index in [1.54, 1.807) is 18.5 Å². The molecular weight excluding hydrogens is 458 g/mol. The molecule has 7 nitrogen and oxygen atoms in total. The number of carbonyl (C=O) groups excluding carboxylic acids is 1. The second-order valence-corrected chi connectivity index (χ2v) is 11.1. The molecule has 1 saturated carbocycles. The van der Waals surface area contributed by atoms with Gasteiger partial charge in [0.2, 0.25) is 0 Å². The molecule has 1 fully saturated rings. The van der Waals surface area contributed by atoms with Gasteiger partial charge in [0.05, 0.1) is 11.4 Å². The number of hydrogen-bond donors (Lipinski definition) is 1. The molecule has 0 atom stereocenters. The van der Waals surface area contributed by atoms with Crippen LogP contribution in [0.2, 0.25) is 0 Å². The molecule has 3 heterocycles. The van der Waals surface area contributed by atoms with Crippen molar-refractivity contribution in [2.24, 2.45) is 0 Å². The number of pyridine rings is 1. The highest BCUT2D eigenvalue weighted by molar-refractivity contribution is 7.98. The zero-order valence-electron chi connectivity index (χ0n) is 21.1. The van der Waals surface area contributed by atoms with E-state index in [1.807, 2.05) is 18.2 Å². The van der Waals surface area contributed by atoms with Crippen LogP contribution in [0.15, 0.2) is 52.3 Å². The Bertz CT molecular complexity index is 1120. The fraction of sp³-hybridized carbons (Fsp3) is 0.481. The fourth-order valence-electron chi connectivity index (χ4n) is 4.18. The Morgan fingerprint density at radius 3 is 2.57 bits per heavy atom. The van der Waals surface area contributed by atoms with Gasteiger partial charge in [-0.3, -0.25) is 9.78 Å². The normalized spacial score (nSPS) is 14.6. The summed E-state index contributed by atoms with van der Waals surface area (Å²) in [7, 11) is 2.16. The molecule has 0 aromatic carbocycles. The Hall–Kier alpha value is -2.87. The van der Waals surface area contributed by atoms with Crippen molar-refractivity contribution in [1.82, 2.24) is 20.3 Å². The zero-order valence-corrected chi connectivity index (χ0v) is 21.9. The first-order valence-corrected chi connectivity index (χ1v) is 13.3. The van der Waals surface area contributed by atoms with Crippen molar-refractivity contribution in [3.63, 3.8) is 0 Å². The third-order valence-corrected chi connectivity index (χ3v) is 7.25. The molecule has 3 aromatic heterocycles. The van der Waals surface area contributed by atoms with Crippen molar-refractivity contribution >= 4 is 23.5 Å². The predicted octanol–water partition coefficient (Wildman–Crippen LogP) is 5.75. The summed E-state index contributed by atoms with van der Waals surface area (Å²) in [6.07, 6.45) is 9.74. The van der Waals surface area contributed by atoms with E-state index in [4.69, 9.17) is 14.4 Å². The van der Waals surface area contributed by atoms with Crippen LogP contribution < -0.4 is 10.2 Å². The van der Waals surface area contributed by atoms with E-state index in [9.17, 15) is 4.79 Å². The van der Waals surface area contributed by atoms with Gasteiger partial charge in [-0.05, 0) is 42.7 Å². The van der Waals surface area contributed by atoms with Gasteiger partial charge >= 0.3 is 0 Å². The maximum absolute atomic E-state index is 12.5. The van der Waals surface area contributed by atoms with E-state index in [0.717, 1.165) is 28.0 Å². The lowest BCUT2D eigenvalue weighted by Gasteiger charge is -2.33. The van der Waals surface area contributed by atoms with Crippen molar-refractivity contribution in [2.45, 2.75) is 81.8 Å². The lowest BCUT2D eigenvalue weighted by Crippen LogP contribution is -2.34. The fourth-order valence-corrected chi connectivity index (χ4v) is 4.93. The molecule has 0 saturated heterocycles. The Kier molecular flexibility index (Phi) is 8.11. The average molecular weight is 494 g/mol. The number of aromatic nitrogens is 3. The topological polar surface area (TPSA) is 84.2 Å². The number of nitrogens with one attached hydrogen (secondary N) is 1. The lowest BCUT2D eigenvalue weighted by molar-refractivity contribution is 0.0921. The van der Waals surface area contributed by atoms with Crippen LogP contribution in [-0.4, -0.2) is 33.9 Å². The van der Waals surface area contributed by atoms with Gasteiger partial charge < -0.3 is 14.6 Å². The lowest BCUT2D eigenvalue weighted by atomic mass is 9.91. The number of furan rings is 1. The van der Waals surface area contributed by atoms with Crippen molar-refractivity contribution in [2.75, 3.05) is 11.9 Å². The molecule has 3 aromatic rings. The minimum Gasteiger partial charge on any atom is -0.455 e. The van der Waals surface area contributed by atoms with Crippen LogP contribution in [0.5, 0.6) is 0 Å². The zero-order chi connectivity index (χ0) is 24.8. The van der Waals surface area contributed by atoms with Gasteiger partial charge in [-0.2, -0.15) is 0 Å². The minimum absolute atomic E-state index is 0.0782. The summed E-state index contributed by atoms with van der Waals surface area (Å²) < 4.78 is 5.81. The molecule has 1 N–H and O–H groups in total. The molecule has 0 spiro atoms. The molecule has 186 valence electrons. The van der Waals surface area contributed by atoms with E-state index in [1.165, 1.54) is 43.9 Å². The molecule has 4 rings (SSSR count). The maximum atomic E-state index is 12.5. The number of nitrogens with zero attached hydrogens (tertiary/aromatic N) is 4. The van der Waals surface area contributed by atoms with Crippen molar-refractivity contribution in [1.29, 1.82) is 0 Å². The first-order valence-electron chi connectivity index (χ1n) is 12.3. The predicted molar refractivity (Wildman–Crippen MR) is 140 cm³/mol. The third-order valence-electron chi connectivity index (χ3n) is 6.38. The van der Waals surface area contributed by atoms with Crippen LogP contribution >= 0.6 is 11.8 Å². The highest BCUT2D eigenvalue weighted by atomic mass is 32.2. The maximum Gasteiger partial charge on any atom is 0.287 e. The smallest absolute Gasteiger partial charge is 0.287 e. The van der Waals surface area contributed by atoms with E-state index in [-0.39, 0.29) is 11.3 Å². The molecular formula is C27H35N5O2S. The van der Waals surface area contributed by atoms with Crippen molar-refractivity contribution in [3.8, 4) is 0 Å². The van der Waals surface area contributed by atoms with Crippen LogP contribution in [0.1, 0.15) is 80.4 Å². The highest BCUT2D eigenvalue weighted by Crippen LogP contribution is 2.31. The SMILES string of the molecule is CN(c1cc(C(C)(C)C)nc(SCc2ccc(C(=O)NCc3ccncc3)o2)n1)C1CCCCC1. The van der Waals surface area contributed by atoms with E-state index < -0.39 is 0 Å². The van der Waals surface area contributed by atoms with Crippen LogP contribution in [0, 0.1) is 0 Å². The molecule has 1 aliphatic rings. The van der Waals surface area contributed by atoms with Gasteiger partial charge in [-0.25, -0.2) is 9.97 Å². The van der Waals surface area contributed by atoms with Gasteiger partial charge in [0.1, 0.15) is 11.6 Å². The Morgan fingerprint density at radius 2 is 1.86 bits per heavy atom. The molecule has 0 radical (unpaired) electrons. The number of hydrogen-bond acceptors (Lipinski definition) is 7. The van der Waals surface area contributed by atoms with E-state index in [0.29, 0.717) is 24.1 Å². The van der Waals surface area contributed by atoms with Crippen LogP contribution in [0.4, 0.5) is 5.82 Å². The molecule has 8 heteroatoms. The average Bonchev–Trinajstić information content (AvgIpc) is 3.35. The number of anilines is 1. The Labute approximate surface area is 212 Å². The largest absolute Gasteiger partial charge is 0.455 e. The quantitative estimate of drug-likeness (QED) is 0.316. The number of thioether (sulfide) groups is 1. The van der Waals surface area contributed by atoms with Gasteiger partial charge in [0.15, 0.2) is 10.9 Å². The van der Waals surface area contributed by atoms with Crippen LogP contribution in [0.25, 0.3) is 0 Å². The van der Waals surface area contributed by atoms with Gasteiger partial charge in [0.25, 0.3) is 5.91 Å². The molecule has 0 aliphatic heterocycles. The second kappa shape index (κ2) is 11.2. The standard InChI is InChI=1S/C27H35N5O2S/c1-27(2,3)23-16-24(32(4)20-8-6-5-7-9-20)31-26(30-23)35-18-21-10-11-22(34-21)25(33)29-17-19-12-14-28-15-13-19/h10-16,20H,5-9,17-18H2,1-4H3,(H,29,33). The summed E-state index contributed by atoms with van der Waals surface area (Å²) in [5, 5.41) is 3.61. The molecule has 0 bridgehead atoms. The Balaban J connectivity index is 1.42. The third kappa shape index (κ3) is 6.84. The Morgan fingerprint density at radius 1 is 1.11 bits per heavy atom. The highest BCUT2D eigenvalue weighted by Gasteiger charge is 2.24. The molecule has 0 unspecified atom stereocenters. The summed E-state index contributed by atoms with van der Waals surface area (Å²) in [5.74, 6) is 2.32. The minimum atomic E-state index is -0.236. The summed E-state index contributed by atoms with van der Waals surface area (Å²) >= 11 is 1.54. The first kappa shape index (κ1) is 25.2. The van der Waals surface area contributed by atoms with Gasteiger partial charge in [-0.15, -0.1) is 0 Å². The first-order chi connectivity index (χ1) is 16.8. The number of rotatable bonds is 8. The van der Waals surface area contributed by atoms with Crippen LogP contribution in [-0.2, 0) is 17.7 Å². The van der Waals surface area contributed by atoms with Gasteiger partial charge in [-0.1, -0.05) is 51.8 Å². The van der Waals surface area contributed by atoms with Crippen LogP contribution in [0.3, 0.4) is 0 Å². The number of carbonyl (C=O) groups is 1. The monoisotopic (exact) mass is 493 g/mol. The molecule has 1 amide bonds. The summed E-state index contributed by atoms with van der Waals surface area (Å²) in [4.78, 5) is 28.5. The van der Waals surface area contributed by atoms with E-state index in [2.05, 4.69) is 49.1 Å². The summed E-state index contributed by atoms with van der Waals surface area (Å²) in [5.41, 5.74) is 1.94. The summed E-state index contributed by atoms with van der Waals surface area (Å²) in [6.45, 7) is 6.96.